The largest absolute Gasteiger partial charge is 0.332 e. The molecule has 1 aliphatic carbocycles. The number of thiol groups is 1. The van der Waals surface area contributed by atoms with E-state index in [1.807, 2.05) is 78.9 Å². The van der Waals surface area contributed by atoms with Crippen LogP contribution in [0.25, 0.3) is 0 Å². The van der Waals surface area contributed by atoms with Gasteiger partial charge in [0, 0.05) is 11.4 Å². The second-order valence-corrected chi connectivity index (χ2v) is 9.26. The maximum absolute atomic E-state index is 13.1. The van der Waals surface area contributed by atoms with Gasteiger partial charge in [0.05, 0.1) is 11.2 Å². The van der Waals surface area contributed by atoms with E-state index in [1.165, 1.54) is 0 Å². The van der Waals surface area contributed by atoms with Gasteiger partial charge in [-0.2, -0.15) is 12.6 Å². The van der Waals surface area contributed by atoms with Crippen molar-refractivity contribution in [2.24, 2.45) is 5.92 Å². The van der Waals surface area contributed by atoms with E-state index in [9.17, 15) is 9.59 Å². The first-order chi connectivity index (χ1) is 17.4. The molecule has 3 rings (SSSR count). The van der Waals surface area contributed by atoms with Gasteiger partial charge in [-0.05, 0) is 67.5 Å². The molecule has 8 nitrogen and oxygen atoms in total. The number of rotatable bonds is 7. The molecule has 188 valence electrons. The molecule has 2 atom stereocenters. The molecule has 2 aromatic carbocycles. The third kappa shape index (κ3) is 8.99. The number of benzene rings is 2. The van der Waals surface area contributed by atoms with E-state index in [0.717, 1.165) is 29.8 Å². The number of anilines is 1. The highest BCUT2D eigenvalue weighted by Gasteiger charge is 2.31. The van der Waals surface area contributed by atoms with Gasteiger partial charge in [0.1, 0.15) is 0 Å². The quantitative estimate of drug-likeness (QED) is 0.163. The van der Waals surface area contributed by atoms with Crippen molar-refractivity contribution in [3.63, 3.8) is 0 Å². The van der Waals surface area contributed by atoms with E-state index >= 15 is 0 Å². The third-order valence-corrected chi connectivity index (χ3v) is 6.17. The van der Waals surface area contributed by atoms with E-state index in [-0.39, 0.29) is 16.6 Å². The summed E-state index contributed by atoms with van der Waals surface area (Å²) in [5, 5.41) is 5.42. The van der Waals surface area contributed by atoms with E-state index < -0.39 is 23.0 Å². The standard InChI is InChI=1S/C25H28N6O2S3/c32-22(28-30-24(35)26-18-12-6-2-7-13-18)20(16-17-10-4-1-5-11-17)21(34)23(33)29-31-25(36)27-19-14-8-3-9-15-19/h1,3-6,8-15,20-21,34H,2,7,16H2,(H,28,32)(H,29,33)(H2,26,30,35)(H2,27,31,36)/t20-,21-/m1/s1. The van der Waals surface area contributed by atoms with E-state index in [4.69, 9.17) is 24.4 Å². The van der Waals surface area contributed by atoms with Crippen molar-refractivity contribution < 1.29 is 9.59 Å². The third-order valence-electron chi connectivity index (χ3n) is 5.17. The van der Waals surface area contributed by atoms with E-state index in [1.54, 1.807) is 0 Å². The van der Waals surface area contributed by atoms with Gasteiger partial charge in [-0.3, -0.25) is 31.3 Å². The minimum atomic E-state index is -0.982. The molecular weight excluding hydrogens is 513 g/mol. The summed E-state index contributed by atoms with van der Waals surface area (Å²) in [4.78, 5) is 25.9. The first-order valence-electron chi connectivity index (χ1n) is 11.3. The van der Waals surface area contributed by atoms with Crippen LogP contribution < -0.4 is 32.3 Å². The van der Waals surface area contributed by atoms with Crippen molar-refractivity contribution in [3.05, 3.63) is 90.2 Å². The molecular formula is C25H28N6O2S3. The number of amides is 2. The van der Waals surface area contributed by atoms with Crippen LogP contribution in [0.4, 0.5) is 5.69 Å². The fourth-order valence-electron chi connectivity index (χ4n) is 3.35. The number of thiocarbonyl (C=S) groups is 2. The van der Waals surface area contributed by atoms with Crippen LogP contribution in [0, 0.1) is 5.92 Å². The summed E-state index contributed by atoms with van der Waals surface area (Å²) in [6.07, 6.45) is 8.18. The second kappa shape index (κ2) is 14.2. The molecule has 2 aromatic rings. The van der Waals surface area contributed by atoms with Gasteiger partial charge in [-0.25, -0.2) is 0 Å². The molecule has 36 heavy (non-hydrogen) atoms. The Hall–Kier alpha value is -3.41. The minimum absolute atomic E-state index is 0.198. The second-order valence-electron chi connectivity index (χ2n) is 7.88. The van der Waals surface area contributed by atoms with Gasteiger partial charge in [0.25, 0.3) is 5.91 Å². The highest BCUT2D eigenvalue weighted by Crippen LogP contribution is 2.18. The number of carbonyl (C=O) groups is 2. The lowest BCUT2D eigenvalue weighted by Gasteiger charge is -2.23. The molecule has 0 spiro atoms. The maximum Gasteiger partial charge on any atom is 0.252 e. The predicted molar refractivity (Wildman–Crippen MR) is 154 cm³/mol. The fourth-order valence-corrected chi connectivity index (χ4v) is 4.00. The summed E-state index contributed by atoms with van der Waals surface area (Å²) in [6.45, 7) is 0. The lowest BCUT2D eigenvalue weighted by atomic mass is 9.94. The molecule has 6 N–H and O–H groups in total. The fraction of sp³-hybridized carbons (Fsp3) is 0.200. The maximum atomic E-state index is 13.1. The Morgan fingerprint density at radius 3 is 2.06 bits per heavy atom. The Morgan fingerprint density at radius 2 is 1.42 bits per heavy atom. The zero-order chi connectivity index (χ0) is 25.8. The van der Waals surface area contributed by atoms with E-state index in [0.29, 0.717) is 0 Å². The van der Waals surface area contributed by atoms with Crippen LogP contribution in [0.3, 0.4) is 0 Å². The molecule has 0 saturated heterocycles. The summed E-state index contributed by atoms with van der Waals surface area (Å²) >= 11 is 15.0. The normalized spacial score (nSPS) is 13.9. The number of hydrazine groups is 2. The van der Waals surface area contributed by atoms with Crippen LogP contribution in [-0.2, 0) is 16.0 Å². The van der Waals surface area contributed by atoms with Crippen molar-refractivity contribution in [1.29, 1.82) is 0 Å². The number of para-hydroxylation sites is 1. The predicted octanol–water partition coefficient (Wildman–Crippen LogP) is 2.89. The van der Waals surface area contributed by atoms with Gasteiger partial charge in [0.15, 0.2) is 10.2 Å². The monoisotopic (exact) mass is 540 g/mol. The summed E-state index contributed by atoms with van der Waals surface area (Å²) < 4.78 is 0. The highest BCUT2D eigenvalue weighted by atomic mass is 32.1. The number of nitrogens with one attached hydrogen (secondary N) is 6. The first kappa shape index (κ1) is 27.2. The van der Waals surface area contributed by atoms with Gasteiger partial charge < -0.3 is 10.6 Å². The van der Waals surface area contributed by atoms with Crippen molar-refractivity contribution in [2.45, 2.75) is 24.5 Å². The average molecular weight is 541 g/mol. The van der Waals surface area contributed by atoms with Crippen LogP contribution in [0.5, 0.6) is 0 Å². The van der Waals surface area contributed by atoms with Crippen LogP contribution >= 0.6 is 37.1 Å². The van der Waals surface area contributed by atoms with Gasteiger partial charge in [0.2, 0.25) is 5.91 Å². The van der Waals surface area contributed by atoms with Gasteiger partial charge in [-0.15, -0.1) is 0 Å². The summed E-state index contributed by atoms with van der Waals surface area (Å²) in [7, 11) is 0. The van der Waals surface area contributed by atoms with Gasteiger partial charge in [-0.1, -0.05) is 60.7 Å². The number of carbonyl (C=O) groups excluding carboxylic acids is 2. The summed E-state index contributed by atoms with van der Waals surface area (Å²) in [5.74, 6) is -1.75. The summed E-state index contributed by atoms with van der Waals surface area (Å²) in [6, 6.07) is 18.7. The molecule has 0 saturated carbocycles. The molecule has 0 bridgehead atoms. The van der Waals surface area contributed by atoms with Crippen molar-refractivity contribution in [1.82, 2.24) is 27.0 Å². The molecule has 0 radical (unpaired) electrons. The van der Waals surface area contributed by atoms with Crippen molar-refractivity contribution >= 4 is 64.8 Å². The Kier molecular flexibility index (Phi) is 10.7. The minimum Gasteiger partial charge on any atom is -0.332 e. The molecule has 0 aliphatic heterocycles. The zero-order valence-corrected chi connectivity index (χ0v) is 21.9. The SMILES string of the molecule is O=C(NNC(=S)Nc1ccccc1)[C@H](S)[C@@H](Cc1ccccc1)C(=O)NNC(=S)NC1=CCCC=C1. The average Bonchev–Trinajstić information content (AvgIpc) is 2.90. The molecule has 11 heteroatoms. The number of allylic oxidation sites excluding steroid dienone is 3. The lowest BCUT2D eigenvalue weighted by molar-refractivity contribution is -0.130. The molecule has 0 unspecified atom stereocenters. The molecule has 1 aliphatic rings. The number of hydrogen-bond donors (Lipinski definition) is 7. The first-order valence-corrected chi connectivity index (χ1v) is 12.6. The topological polar surface area (TPSA) is 106 Å². The van der Waals surface area contributed by atoms with Crippen LogP contribution in [0.1, 0.15) is 18.4 Å². The van der Waals surface area contributed by atoms with Gasteiger partial charge >= 0.3 is 0 Å². The highest BCUT2D eigenvalue weighted by molar-refractivity contribution is 7.82. The van der Waals surface area contributed by atoms with Crippen molar-refractivity contribution in [2.75, 3.05) is 5.32 Å². The number of hydrogen-bond acceptors (Lipinski definition) is 5. The van der Waals surface area contributed by atoms with Crippen molar-refractivity contribution in [3.8, 4) is 0 Å². The molecule has 0 heterocycles. The Labute approximate surface area is 226 Å². The molecule has 0 aromatic heterocycles. The lowest BCUT2D eigenvalue weighted by Crippen LogP contribution is -2.53. The Balaban J connectivity index is 1.58. The Bertz CT molecular complexity index is 1130. The Morgan fingerprint density at radius 1 is 0.806 bits per heavy atom. The molecule has 0 fully saturated rings. The van der Waals surface area contributed by atoms with Crippen LogP contribution in [0.15, 0.2) is 84.6 Å². The van der Waals surface area contributed by atoms with Crippen LogP contribution in [-0.4, -0.2) is 27.3 Å². The zero-order valence-electron chi connectivity index (χ0n) is 19.4. The smallest absolute Gasteiger partial charge is 0.252 e. The van der Waals surface area contributed by atoms with Crippen LogP contribution in [0.2, 0.25) is 0 Å². The molecule has 2 amide bonds. The van der Waals surface area contributed by atoms with E-state index in [2.05, 4.69) is 45.0 Å². The summed E-state index contributed by atoms with van der Waals surface area (Å²) in [5.41, 5.74) is 13.0.